The van der Waals surface area contributed by atoms with E-state index in [2.05, 4.69) is 133 Å². The first-order valence-electron chi connectivity index (χ1n) is 19.1. The Balaban J connectivity index is 1.23. The van der Waals surface area contributed by atoms with Gasteiger partial charge < -0.3 is 0 Å². The molecule has 0 aliphatic heterocycles. The van der Waals surface area contributed by atoms with Crippen LogP contribution < -0.4 is 0 Å². The van der Waals surface area contributed by atoms with Crippen molar-refractivity contribution in [2.45, 2.75) is 5.41 Å². The summed E-state index contributed by atoms with van der Waals surface area (Å²) < 4.78 is 0. The van der Waals surface area contributed by atoms with Gasteiger partial charge in [0.1, 0.15) is 0 Å². The van der Waals surface area contributed by atoms with Crippen LogP contribution in [0.25, 0.3) is 67.5 Å². The van der Waals surface area contributed by atoms with Gasteiger partial charge in [-0.15, -0.1) is 0 Å². The van der Waals surface area contributed by atoms with Gasteiger partial charge in [-0.1, -0.05) is 176 Å². The molecule has 1 aromatic heterocycles. The minimum absolute atomic E-state index is 0.566. The number of hydrogen-bond acceptors (Lipinski definition) is 4. The highest BCUT2D eigenvalue weighted by molar-refractivity contribution is 5.95. The largest absolute Gasteiger partial charge is 0.208 e. The predicted octanol–water partition coefficient (Wildman–Crippen LogP) is 12.4. The molecule has 0 unspecified atom stereocenters. The number of rotatable bonds is 7. The Morgan fingerprint density at radius 3 is 1.39 bits per heavy atom. The van der Waals surface area contributed by atoms with Crippen molar-refractivity contribution in [1.82, 2.24) is 15.0 Å². The summed E-state index contributed by atoms with van der Waals surface area (Å²) in [6.07, 6.45) is 0. The van der Waals surface area contributed by atoms with Gasteiger partial charge >= 0.3 is 0 Å². The zero-order valence-corrected chi connectivity index (χ0v) is 30.9. The molecular formula is C53H34N4. The second-order valence-corrected chi connectivity index (χ2v) is 14.3. The monoisotopic (exact) mass is 726 g/mol. The molecule has 9 aromatic rings. The number of nitrogens with zero attached hydrogens (tertiary/aromatic N) is 4. The lowest BCUT2D eigenvalue weighted by Crippen LogP contribution is -2.28. The van der Waals surface area contributed by atoms with E-state index in [4.69, 9.17) is 15.0 Å². The highest BCUT2D eigenvalue weighted by Gasteiger charge is 2.46. The Morgan fingerprint density at radius 2 is 0.789 bits per heavy atom. The quantitative estimate of drug-likeness (QED) is 0.164. The molecule has 0 saturated heterocycles. The van der Waals surface area contributed by atoms with E-state index in [1.165, 1.54) is 33.4 Å². The molecule has 4 nitrogen and oxygen atoms in total. The normalized spacial score (nSPS) is 12.3. The van der Waals surface area contributed by atoms with Gasteiger partial charge in [0.25, 0.3) is 0 Å². The third-order valence-electron chi connectivity index (χ3n) is 11.0. The Labute approximate surface area is 332 Å². The van der Waals surface area contributed by atoms with Crippen molar-refractivity contribution < 1.29 is 0 Å². The first-order chi connectivity index (χ1) is 28.2. The minimum atomic E-state index is -0.566. The van der Waals surface area contributed by atoms with Gasteiger partial charge in [0.2, 0.25) is 0 Å². The van der Waals surface area contributed by atoms with Gasteiger partial charge in [0.15, 0.2) is 17.5 Å². The topological polar surface area (TPSA) is 62.5 Å². The zero-order chi connectivity index (χ0) is 38.2. The molecule has 0 saturated carbocycles. The standard InChI is InChI=1S/C53H34N4/c54-35-36-17-15-22-39(31-36)46-34-49-47(44-29-13-14-30-48(44)53(49,42-25-9-3-10-26-42)43-27-11-4-12-28-43)33-45(46)40-23-16-24-41(32-40)52-56-50(37-18-5-1-6-19-37)55-51(57-52)38-20-7-2-8-21-38/h1-34H. The molecule has 1 aliphatic rings. The number of hydrogen-bond donors (Lipinski definition) is 0. The van der Waals surface area contributed by atoms with E-state index in [9.17, 15) is 5.26 Å². The van der Waals surface area contributed by atoms with E-state index in [1.54, 1.807) is 0 Å². The van der Waals surface area contributed by atoms with E-state index < -0.39 is 5.41 Å². The average Bonchev–Trinajstić information content (AvgIpc) is 3.59. The van der Waals surface area contributed by atoms with E-state index in [-0.39, 0.29) is 0 Å². The van der Waals surface area contributed by atoms with Gasteiger partial charge in [0, 0.05) is 16.7 Å². The van der Waals surface area contributed by atoms with Gasteiger partial charge in [0.05, 0.1) is 17.0 Å². The van der Waals surface area contributed by atoms with Crippen molar-refractivity contribution in [3.05, 3.63) is 234 Å². The minimum Gasteiger partial charge on any atom is -0.208 e. The molecule has 57 heavy (non-hydrogen) atoms. The highest BCUT2D eigenvalue weighted by Crippen LogP contribution is 2.58. The zero-order valence-electron chi connectivity index (χ0n) is 30.9. The smallest absolute Gasteiger partial charge is 0.164 e. The van der Waals surface area contributed by atoms with Crippen LogP contribution in [0.4, 0.5) is 0 Å². The number of benzene rings is 8. The molecule has 0 spiro atoms. The number of nitriles is 1. The van der Waals surface area contributed by atoms with Crippen LogP contribution in [0.3, 0.4) is 0 Å². The van der Waals surface area contributed by atoms with E-state index in [0.717, 1.165) is 38.9 Å². The average molecular weight is 727 g/mol. The number of fused-ring (bicyclic) bond motifs is 3. The lowest BCUT2D eigenvalue weighted by molar-refractivity contribution is 0.769. The Kier molecular flexibility index (Phi) is 8.39. The van der Waals surface area contributed by atoms with Crippen molar-refractivity contribution >= 4 is 0 Å². The molecule has 10 rings (SSSR count). The Hall–Kier alpha value is -7.74. The van der Waals surface area contributed by atoms with Crippen molar-refractivity contribution in [2.75, 3.05) is 0 Å². The van der Waals surface area contributed by atoms with E-state index in [1.807, 2.05) is 78.9 Å². The summed E-state index contributed by atoms with van der Waals surface area (Å²) in [6, 6.07) is 74.1. The first kappa shape index (κ1) is 33.8. The Bertz CT molecular complexity index is 2860. The summed E-state index contributed by atoms with van der Waals surface area (Å²) in [7, 11) is 0. The summed E-state index contributed by atoms with van der Waals surface area (Å²) >= 11 is 0. The molecule has 0 N–H and O–H groups in total. The molecule has 0 fully saturated rings. The summed E-state index contributed by atoms with van der Waals surface area (Å²) in [4.78, 5) is 15.0. The summed E-state index contributed by atoms with van der Waals surface area (Å²) in [5, 5.41) is 10.1. The van der Waals surface area contributed by atoms with Crippen LogP contribution in [0, 0.1) is 11.3 Å². The molecule has 8 aromatic carbocycles. The maximum Gasteiger partial charge on any atom is 0.164 e. The van der Waals surface area contributed by atoms with E-state index >= 15 is 0 Å². The lowest BCUT2D eigenvalue weighted by Gasteiger charge is -2.34. The van der Waals surface area contributed by atoms with Gasteiger partial charge in [-0.2, -0.15) is 5.26 Å². The van der Waals surface area contributed by atoms with Crippen molar-refractivity contribution in [3.8, 4) is 73.6 Å². The third-order valence-corrected chi connectivity index (χ3v) is 11.0. The molecule has 1 heterocycles. The van der Waals surface area contributed by atoms with Gasteiger partial charge in [-0.05, 0) is 86.0 Å². The van der Waals surface area contributed by atoms with Crippen LogP contribution in [0.15, 0.2) is 206 Å². The van der Waals surface area contributed by atoms with Crippen molar-refractivity contribution in [1.29, 1.82) is 5.26 Å². The summed E-state index contributed by atoms with van der Waals surface area (Å²) in [6.45, 7) is 0. The molecule has 0 atom stereocenters. The maximum absolute atomic E-state index is 10.1. The van der Waals surface area contributed by atoms with Gasteiger partial charge in [-0.3, -0.25) is 0 Å². The highest BCUT2D eigenvalue weighted by atomic mass is 15.0. The third kappa shape index (κ3) is 5.82. The number of aromatic nitrogens is 3. The van der Waals surface area contributed by atoms with E-state index in [0.29, 0.717) is 23.0 Å². The fraction of sp³-hybridized carbons (Fsp3) is 0.0189. The van der Waals surface area contributed by atoms with Crippen LogP contribution in [-0.2, 0) is 5.41 Å². The van der Waals surface area contributed by atoms with Crippen molar-refractivity contribution in [3.63, 3.8) is 0 Å². The fourth-order valence-corrected chi connectivity index (χ4v) is 8.49. The molecule has 0 amide bonds. The predicted molar refractivity (Wildman–Crippen MR) is 229 cm³/mol. The summed E-state index contributed by atoms with van der Waals surface area (Å²) in [5.41, 5.74) is 14.1. The fourth-order valence-electron chi connectivity index (χ4n) is 8.49. The molecule has 1 aliphatic carbocycles. The summed E-state index contributed by atoms with van der Waals surface area (Å²) in [5.74, 6) is 1.83. The first-order valence-corrected chi connectivity index (χ1v) is 19.1. The lowest BCUT2D eigenvalue weighted by atomic mass is 9.67. The van der Waals surface area contributed by atoms with Crippen LogP contribution in [-0.4, -0.2) is 15.0 Å². The Morgan fingerprint density at radius 1 is 0.333 bits per heavy atom. The molecule has 0 radical (unpaired) electrons. The molecule has 0 bridgehead atoms. The van der Waals surface area contributed by atoms with Gasteiger partial charge in [-0.25, -0.2) is 15.0 Å². The molecule has 266 valence electrons. The molecule has 4 heteroatoms. The van der Waals surface area contributed by atoms with Crippen molar-refractivity contribution in [2.24, 2.45) is 0 Å². The van der Waals surface area contributed by atoms with Crippen LogP contribution >= 0.6 is 0 Å². The maximum atomic E-state index is 10.1. The SMILES string of the molecule is N#Cc1cccc(-c2cc3c(cc2-c2cccc(-c4nc(-c5ccccc5)nc(-c5ccccc5)n4)c2)-c2ccccc2C3(c2ccccc2)c2ccccc2)c1. The van der Waals surface area contributed by atoms with Crippen LogP contribution in [0.1, 0.15) is 27.8 Å². The second-order valence-electron chi connectivity index (χ2n) is 14.3. The second kappa shape index (κ2) is 14.2. The van der Waals surface area contributed by atoms with Crippen LogP contribution in [0.2, 0.25) is 0 Å². The van der Waals surface area contributed by atoms with Crippen LogP contribution in [0.5, 0.6) is 0 Å². The molecular weight excluding hydrogens is 693 g/mol.